The van der Waals surface area contributed by atoms with Gasteiger partial charge in [0.1, 0.15) is 0 Å². The molecule has 0 bridgehead atoms. The standard InChI is InChI=1S/C17H13NO4/c1-2-11-7-9-12(10-8-11)15(18(20)21)16-13-5-3-4-6-14(13)17(19)22-16/h3-10H,2H2,1H3. The van der Waals surface area contributed by atoms with E-state index in [1.807, 2.05) is 19.1 Å². The molecule has 0 aromatic heterocycles. The third-order valence-electron chi connectivity index (χ3n) is 3.62. The maximum absolute atomic E-state index is 11.9. The summed E-state index contributed by atoms with van der Waals surface area (Å²) >= 11 is 0. The molecule has 0 atom stereocenters. The van der Waals surface area contributed by atoms with Crippen LogP contribution in [0, 0.1) is 10.1 Å². The highest BCUT2D eigenvalue weighted by atomic mass is 16.6. The second kappa shape index (κ2) is 5.44. The van der Waals surface area contributed by atoms with Gasteiger partial charge in [0.15, 0.2) is 0 Å². The summed E-state index contributed by atoms with van der Waals surface area (Å²) in [6.45, 7) is 2.01. The number of nitrogens with zero attached hydrogens (tertiary/aromatic N) is 1. The van der Waals surface area contributed by atoms with E-state index in [4.69, 9.17) is 4.74 Å². The highest BCUT2D eigenvalue weighted by Gasteiger charge is 2.34. The topological polar surface area (TPSA) is 69.4 Å². The average molecular weight is 295 g/mol. The van der Waals surface area contributed by atoms with Gasteiger partial charge in [-0.15, -0.1) is 0 Å². The Labute approximate surface area is 127 Å². The molecule has 0 saturated carbocycles. The van der Waals surface area contributed by atoms with E-state index in [0.717, 1.165) is 12.0 Å². The van der Waals surface area contributed by atoms with Crippen LogP contribution in [0.3, 0.4) is 0 Å². The van der Waals surface area contributed by atoms with Gasteiger partial charge in [-0.25, -0.2) is 4.79 Å². The summed E-state index contributed by atoms with van der Waals surface area (Å²) in [6.07, 6.45) is 0.850. The zero-order chi connectivity index (χ0) is 15.7. The predicted molar refractivity (Wildman–Crippen MR) is 81.5 cm³/mol. The van der Waals surface area contributed by atoms with Gasteiger partial charge < -0.3 is 4.74 Å². The smallest absolute Gasteiger partial charge is 0.344 e. The molecule has 0 aliphatic carbocycles. The lowest BCUT2D eigenvalue weighted by atomic mass is 10.0. The number of carbonyl (C=O) groups excluding carboxylic acids is 1. The number of benzene rings is 2. The Balaban J connectivity index is 2.19. The molecule has 0 amide bonds. The second-order valence-electron chi connectivity index (χ2n) is 4.92. The van der Waals surface area contributed by atoms with Crippen LogP contribution in [0.1, 0.15) is 34.0 Å². The fraction of sp³-hybridized carbons (Fsp3) is 0.118. The minimum absolute atomic E-state index is 0.00912. The Morgan fingerprint density at radius 3 is 2.32 bits per heavy atom. The molecule has 3 rings (SSSR count). The van der Waals surface area contributed by atoms with E-state index in [2.05, 4.69) is 0 Å². The molecule has 2 aromatic carbocycles. The predicted octanol–water partition coefficient (Wildman–Crippen LogP) is 3.52. The number of esters is 1. The molecule has 0 fully saturated rings. The third kappa shape index (κ3) is 2.26. The van der Waals surface area contributed by atoms with Gasteiger partial charge in [0.05, 0.1) is 16.1 Å². The first-order valence-electron chi connectivity index (χ1n) is 6.91. The van der Waals surface area contributed by atoms with Gasteiger partial charge >= 0.3 is 11.7 Å². The van der Waals surface area contributed by atoms with Gasteiger partial charge in [0.25, 0.3) is 0 Å². The van der Waals surface area contributed by atoms with Crippen molar-refractivity contribution in [2.24, 2.45) is 0 Å². The lowest BCUT2D eigenvalue weighted by molar-refractivity contribution is -0.375. The zero-order valence-electron chi connectivity index (χ0n) is 11.9. The van der Waals surface area contributed by atoms with Crippen LogP contribution in [0.15, 0.2) is 48.5 Å². The molecule has 0 unspecified atom stereocenters. The second-order valence-corrected chi connectivity index (χ2v) is 4.92. The van der Waals surface area contributed by atoms with Crippen LogP contribution in [-0.2, 0) is 11.2 Å². The van der Waals surface area contributed by atoms with Crippen LogP contribution in [0.5, 0.6) is 0 Å². The molecule has 5 heteroatoms. The number of ether oxygens (including phenoxy) is 1. The molecular formula is C17H13NO4. The molecule has 5 nitrogen and oxygen atoms in total. The maximum atomic E-state index is 11.9. The molecule has 0 spiro atoms. The highest BCUT2D eigenvalue weighted by molar-refractivity contribution is 6.06. The monoisotopic (exact) mass is 295 g/mol. The summed E-state index contributed by atoms with van der Waals surface area (Å²) in [5.41, 5.74) is 2.11. The van der Waals surface area contributed by atoms with Crippen molar-refractivity contribution in [2.75, 3.05) is 0 Å². The van der Waals surface area contributed by atoms with Gasteiger partial charge in [-0.1, -0.05) is 37.3 Å². The summed E-state index contributed by atoms with van der Waals surface area (Å²) in [4.78, 5) is 22.9. The van der Waals surface area contributed by atoms with Gasteiger partial charge in [-0.2, -0.15) is 0 Å². The van der Waals surface area contributed by atoms with Crippen LogP contribution in [0.2, 0.25) is 0 Å². The molecule has 0 N–H and O–H groups in total. The Kier molecular flexibility index (Phi) is 3.47. The highest BCUT2D eigenvalue weighted by Crippen LogP contribution is 2.35. The van der Waals surface area contributed by atoms with Crippen molar-refractivity contribution in [3.8, 4) is 0 Å². The van der Waals surface area contributed by atoms with Gasteiger partial charge in [0.2, 0.25) is 5.76 Å². The number of aryl methyl sites for hydroxylation is 1. The zero-order valence-corrected chi connectivity index (χ0v) is 11.9. The van der Waals surface area contributed by atoms with Crippen LogP contribution < -0.4 is 0 Å². The van der Waals surface area contributed by atoms with Gasteiger partial charge in [0, 0.05) is 5.56 Å². The maximum Gasteiger partial charge on any atom is 0.344 e. The average Bonchev–Trinajstić information content (AvgIpc) is 2.85. The third-order valence-corrected chi connectivity index (χ3v) is 3.62. The minimum atomic E-state index is -0.560. The van der Waals surface area contributed by atoms with E-state index in [1.165, 1.54) is 0 Å². The number of hydrogen-bond donors (Lipinski definition) is 0. The van der Waals surface area contributed by atoms with Crippen molar-refractivity contribution in [2.45, 2.75) is 13.3 Å². The lowest BCUT2D eigenvalue weighted by Gasteiger charge is -2.04. The normalized spacial score (nSPS) is 15.2. The number of carbonyl (C=O) groups is 1. The minimum Gasteiger partial charge on any atom is -0.415 e. The van der Waals surface area contributed by atoms with Gasteiger partial charge in [-0.05, 0) is 30.2 Å². The number of rotatable bonds is 3. The number of fused-ring (bicyclic) bond motifs is 1. The molecule has 110 valence electrons. The summed E-state index contributed by atoms with van der Waals surface area (Å²) in [5.74, 6) is -0.551. The molecule has 22 heavy (non-hydrogen) atoms. The molecular weight excluding hydrogens is 282 g/mol. The Hall–Kier alpha value is -2.95. The molecule has 1 aliphatic rings. The molecule has 2 aromatic rings. The molecule has 0 saturated heterocycles. The van der Waals surface area contributed by atoms with E-state index in [1.54, 1.807) is 36.4 Å². The van der Waals surface area contributed by atoms with E-state index in [-0.39, 0.29) is 11.5 Å². The van der Waals surface area contributed by atoms with Crippen LogP contribution in [0.25, 0.3) is 11.5 Å². The van der Waals surface area contributed by atoms with E-state index in [9.17, 15) is 14.9 Å². The number of hydrogen-bond acceptors (Lipinski definition) is 4. The van der Waals surface area contributed by atoms with Gasteiger partial charge in [-0.3, -0.25) is 10.1 Å². The lowest BCUT2D eigenvalue weighted by Crippen LogP contribution is -2.03. The van der Waals surface area contributed by atoms with Crippen molar-refractivity contribution in [3.05, 3.63) is 80.9 Å². The summed E-state index contributed by atoms with van der Waals surface area (Å²) < 4.78 is 5.17. The van der Waals surface area contributed by atoms with Crippen molar-refractivity contribution in [1.82, 2.24) is 0 Å². The van der Waals surface area contributed by atoms with Crippen molar-refractivity contribution >= 4 is 17.4 Å². The Morgan fingerprint density at radius 2 is 1.73 bits per heavy atom. The van der Waals surface area contributed by atoms with Crippen LogP contribution in [0.4, 0.5) is 0 Å². The van der Waals surface area contributed by atoms with E-state index < -0.39 is 10.9 Å². The summed E-state index contributed by atoms with van der Waals surface area (Å²) in [7, 11) is 0. The van der Waals surface area contributed by atoms with Crippen molar-refractivity contribution < 1.29 is 14.5 Å². The first-order chi connectivity index (χ1) is 10.6. The number of cyclic esters (lactones) is 1. The van der Waals surface area contributed by atoms with E-state index >= 15 is 0 Å². The summed E-state index contributed by atoms with van der Waals surface area (Å²) in [5, 5.41) is 11.5. The molecule has 0 radical (unpaired) electrons. The van der Waals surface area contributed by atoms with Crippen molar-refractivity contribution in [3.63, 3.8) is 0 Å². The summed E-state index contributed by atoms with van der Waals surface area (Å²) in [6, 6.07) is 13.7. The van der Waals surface area contributed by atoms with Crippen LogP contribution >= 0.6 is 0 Å². The fourth-order valence-corrected chi connectivity index (χ4v) is 2.46. The SMILES string of the molecule is CCc1ccc(C(=C2OC(=O)c3ccccc32)[N+](=O)[O-])cc1. The van der Waals surface area contributed by atoms with E-state index in [0.29, 0.717) is 16.7 Å². The first-order valence-corrected chi connectivity index (χ1v) is 6.91. The molecule has 1 heterocycles. The Morgan fingerprint density at radius 1 is 1.09 bits per heavy atom. The van der Waals surface area contributed by atoms with Crippen LogP contribution in [-0.4, -0.2) is 10.9 Å². The largest absolute Gasteiger partial charge is 0.415 e. The quantitative estimate of drug-likeness (QED) is 0.493. The Bertz CT molecular complexity index is 791. The number of nitro groups is 1. The fourth-order valence-electron chi connectivity index (χ4n) is 2.46. The molecule has 1 aliphatic heterocycles. The first kappa shape index (κ1) is 14.0. The van der Waals surface area contributed by atoms with Crippen molar-refractivity contribution in [1.29, 1.82) is 0 Å².